The standard InChI is InChI=1S/C14H12BrClFN/c1-18(12-4-2-3-11(17)8-12)14-6-5-10(9-16)7-13(14)15/h2-8H,9H2,1H3. The Morgan fingerprint density at radius 3 is 2.61 bits per heavy atom. The number of anilines is 2. The number of alkyl halides is 1. The van der Waals surface area contributed by atoms with E-state index in [0.29, 0.717) is 5.88 Å². The molecule has 2 rings (SSSR count). The van der Waals surface area contributed by atoms with Gasteiger partial charge in [0.2, 0.25) is 0 Å². The molecule has 2 aromatic carbocycles. The molecule has 2 aromatic rings. The lowest BCUT2D eigenvalue weighted by Gasteiger charge is -2.21. The molecule has 18 heavy (non-hydrogen) atoms. The van der Waals surface area contributed by atoms with Crippen LogP contribution in [0.3, 0.4) is 0 Å². The molecule has 0 bridgehead atoms. The summed E-state index contributed by atoms with van der Waals surface area (Å²) in [4.78, 5) is 1.92. The summed E-state index contributed by atoms with van der Waals surface area (Å²) in [7, 11) is 1.90. The lowest BCUT2D eigenvalue weighted by atomic mass is 10.2. The van der Waals surface area contributed by atoms with Crippen molar-refractivity contribution >= 4 is 38.9 Å². The van der Waals surface area contributed by atoms with Crippen LogP contribution in [-0.4, -0.2) is 7.05 Å². The van der Waals surface area contributed by atoms with Crippen LogP contribution in [0.1, 0.15) is 5.56 Å². The van der Waals surface area contributed by atoms with Crippen LogP contribution >= 0.6 is 27.5 Å². The molecule has 0 saturated carbocycles. The van der Waals surface area contributed by atoms with Crippen LogP contribution in [0, 0.1) is 5.82 Å². The van der Waals surface area contributed by atoms with Crippen molar-refractivity contribution < 1.29 is 4.39 Å². The van der Waals surface area contributed by atoms with E-state index >= 15 is 0 Å². The third kappa shape index (κ3) is 2.85. The highest BCUT2D eigenvalue weighted by Crippen LogP contribution is 2.32. The molecule has 0 N–H and O–H groups in total. The molecule has 4 heteroatoms. The Balaban J connectivity index is 2.37. The summed E-state index contributed by atoms with van der Waals surface area (Å²) in [6.07, 6.45) is 0. The van der Waals surface area contributed by atoms with Crippen molar-refractivity contribution in [1.29, 1.82) is 0 Å². The number of nitrogens with zero attached hydrogens (tertiary/aromatic N) is 1. The highest BCUT2D eigenvalue weighted by molar-refractivity contribution is 9.10. The number of rotatable bonds is 3. The number of benzene rings is 2. The third-order valence-corrected chi connectivity index (χ3v) is 3.67. The second-order valence-electron chi connectivity index (χ2n) is 3.96. The lowest BCUT2D eigenvalue weighted by Crippen LogP contribution is -2.10. The van der Waals surface area contributed by atoms with Gasteiger partial charge in [0, 0.05) is 23.1 Å². The van der Waals surface area contributed by atoms with E-state index in [2.05, 4.69) is 15.9 Å². The van der Waals surface area contributed by atoms with Crippen LogP contribution in [0.2, 0.25) is 0 Å². The lowest BCUT2D eigenvalue weighted by molar-refractivity contribution is 0.628. The van der Waals surface area contributed by atoms with Crippen LogP contribution < -0.4 is 4.90 Å². The molecule has 1 nitrogen and oxygen atoms in total. The van der Waals surface area contributed by atoms with Crippen molar-refractivity contribution in [3.63, 3.8) is 0 Å². The van der Waals surface area contributed by atoms with E-state index < -0.39 is 0 Å². The van der Waals surface area contributed by atoms with Crippen molar-refractivity contribution in [1.82, 2.24) is 0 Å². The molecule has 0 aromatic heterocycles. The summed E-state index contributed by atoms with van der Waals surface area (Å²) in [5.41, 5.74) is 2.81. The topological polar surface area (TPSA) is 3.24 Å². The molecule has 0 fully saturated rings. The van der Waals surface area contributed by atoms with Gasteiger partial charge in [0.05, 0.1) is 5.69 Å². The molecule has 0 heterocycles. The van der Waals surface area contributed by atoms with Gasteiger partial charge in [-0.05, 0) is 51.8 Å². The molecular weight excluding hydrogens is 317 g/mol. The molecule has 0 aliphatic rings. The SMILES string of the molecule is CN(c1cccc(F)c1)c1ccc(CCl)cc1Br. The normalized spacial score (nSPS) is 10.4. The monoisotopic (exact) mass is 327 g/mol. The highest BCUT2D eigenvalue weighted by Gasteiger charge is 2.09. The highest BCUT2D eigenvalue weighted by atomic mass is 79.9. The van der Waals surface area contributed by atoms with E-state index in [9.17, 15) is 4.39 Å². The Bertz CT molecular complexity index is 559. The van der Waals surface area contributed by atoms with Gasteiger partial charge in [-0.25, -0.2) is 4.39 Å². The number of hydrogen-bond acceptors (Lipinski definition) is 1. The van der Waals surface area contributed by atoms with E-state index in [1.54, 1.807) is 6.07 Å². The molecule has 0 aliphatic heterocycles. The van der Waals surface area contributed by atoms with Gasteiger partial charge in [-0.15, -0.1) is 11.6 Å². The molecule has 0 atom stereocenters. The second-order valence-corrected chi connectivity index (χ2v) is 5.08. The van der Waals surface area contributed by atoms with Crippen LogP contribution in [0.5, 0.6) is 0 Å². The average Bonchev–Trinajstić information content (AvgIpc) is 2.37. The largest absolute Gasteiger partial charge is 0.344 e. The summed E-state index contributed by atoms with van der Waals surface area (Å²) in [5, 5.41) is 0. The molecular formula is C14H12BrClFN. The summed E-state index contributed by atoms with van der Waals surface area (Å²) in [6, 6.07) is 12.4. The van der Waals surface area contributed by atoms with Gasteiger partial charge < -0.3 is 4.90 Å². The zero-order valence-corrected chi connectivity index (χ0v) is 12.2. The first-order valence-corrected chi connectivity index (χ1v) is 6.78. The summed E-state index contributed by atoms with van der Waals surface area (Å²) in [5.74, 6) is 0.232. The maximum absolute atomic E-state index is 13.2. The summed E-state index contributed by atoms with van der Waals surface area (Å²) < 4.78 is 14.1. The van der Waals surface area contributed by atoms with E-state index in [-0.39, 0.29) is 5.82 Å². The van der Waals surface area contributed by atoms with Gasteiger partial charge in [-0.3, -0.25) is 0 Å². The van der Waals surface area contributed by atoms with E-state index in [4.69, 9.17) is 11.6 Å². The molecule has 0 saturated heterocycles. The van der Waals surface area contributed by atoms with E-state index in [0.717, 1.165) is 21.4 Å². The Hall–Kier alpha value is -1.06. The minimum Gasteiger partial charge on any atom is -0.344 e. The fourth-order valence-corrected chi connectivity index (χ4v) is 2.59. The van der Waals surface area contributed by atoms with Crippen molar-refractivity contribution in [2.75, 3.05) is 11.9 Å². The van der Waals surface area contributed by atoms with Crippen LogP contribution in [0.25, 0.3) is 0 Å². The molecule has 0 unspecified atom stereocenters. The second kappa shape index (κ2) is 5.72. The van der Waals surface area contributed by atoms with Gasteiger partial charge in [-0.2, -0.15) is 0 Å². The van der Waals surface area contributed by atoms with Crippen molar-refractivity contribution in [3.8, 4) is 0 Å². The Labute approximate surface area is 119 Å². The van der Waals surface area contributed by atoms with E-state index in [1.165, 1.54) is 12.1 Å². The zero-order valence-electron chi connectivity index (χ0n) is 9.83. The van der Waals surface area contributed by atoms with Crippen LogP contribution in [-0.2, 0) is 5.88 Å². The van der Waals surface area contributed by atoms with Crippen molar-refractivity contribution in [2.45, 2.75) is 5.88 Å². The molecule has 0 spiro atoms. The zero-order chi connectivity index (χ0) is 13.1. The van der Waals surface area contributed by atoms with Gasteiger partial charge in [0.15, 0.2) is 0 Å². The minimum atomic E-state index is -0.243. The maximum atomic E-state index is 13.2. The molecule has 0 radical (unpaired) electrons. The minimum absolute atomic E-state index is 0.243. The van der Waals surface area contributed by atoms with Crippen LogP contribution in [0.15, 0.2) is 46.9 Å². The summed E-state index contributed by atoms with van der Waals surface area (Å²) in [6.45, 7) is 0. The predicted octanol–water partition coefficient (Wildman–Crippen LogP) is 5.09. The predicted molar refractivity (Wildman–Crippen MR) is 78.2 cm³/mol. The number of halogens is 3. The van der Waals surface area contributed by atoms with Crippen molar-refractivity contribution in [3.05, 3.63) is 58.3 Å². The average molecular weight is 329 g/mol. The first-order valence-electron chi connectivity index (χ1n) is 5.45. The molecule has 0 aliphatic carbocycles. The first kappa shape index (κ1) is 13.4. The fraction of sp³-hybridized carbons (Fsp3) is 0.143. The number of hydrogen-bond donors (Lipinski definition) is 0. The smallest absolute Gasteiger partial charge is 0.125 e. The Morgan fingerprint density at radius 2 is 2.00 bits per heavy atom. The van der Waals surface area contributed by atoms with Crippen molar-refractivity contribution in [2.24, 2.45) is 0 Å². The maximum Gasteiger partial charge on any atom is 0.125 e. The van der Waals surface area contributed by atoms with Crippen LogP contribution in [0.4, 0.5) is 15.8 Å². The first-order chi connectivity index (χ1) is 8.61. The fourth-order valence-electron chi connectivity index (χ4n) is 1.73. The quantitative estimate of drug-likeness (QED) is 0.709. The van der Waals surface area contributed by atoms with Gasteiger partial charge >= 0.3 is 0 Å². The van der Waals surface area contributed by atoms with Gasteiger partial charge in [0.1, 0.15) is 5.82 Å². The third-order valence-electron chi connectivity index (χ3n) is 2.72. The van der Waals surface area contributed by atoms with Gasteiger partial charge in [-0.1, -0.05) is 12.1 Å². The Kier molecular flexibility index (Phi) is 4.25. The Morgan fingerprint density at radius 1 is 1.22 bits per heavy atom. The molecule has 0 amide bonds. The van der Waals surface area contributed by atoms with E-state index in [1.807, 2.05) is 36.2 Å². The van der Waals surface area contributed by atoms with Gasteiger partial charge in [0.25, 0.3) is 0 Å². The summed E-state index contributed by atoms with van der Waals surface area (Å²) >= 11 is 9.29. The molecule has 94 valence electrons.